The molecule has 4 rings (SSSR count). The fourth-order valence-electron chi connectivity index (χ4n) is 3.21. The van der Waals surface area contributed by atoms with Crippen LogP contribution in [0.25, 0.3) is 11.4 Å². The predicted octanol–water partition coefficient (Wildman–Crippen LogP) is 3.17. The lowest BCUT2D eigenvalue weighted by Gasteiger charge is -2.32. The average Bonchev–Trinajstić information content (AvgIpc) is 3.40. The topological polar surface area (TPSA) is 86.5 Å². The first-order chi connectivity index (χ1) is 13.6. The summed E-state index contributed by atoms with van der Waals surface area (Å²) in [6.07, 6.45) is 3.34. The Kier molecular flexibility index (Phi) is 5.73. The Morgan fingerprint density at radius 3 is 2.71 bits per heavy atom. The van der Waals surface area contributed by atoms with E-state index in [0.29, 0.717) is 36.4 Å². The average molecular weight is 385 g/mol. The second kappa shape index (κ2) is 8.41. The molecule has 2 aliphatic rings. The number of rotatable bonds is 7. The van der Waals surface area contributed by atoms with Crippen molar-refractivity contribution in [3.63, 3.8) is 0 Å². The van der Waals surface area contributed by atoms with Gasteiger partial charge in [0.1, 0.15) is 0 Å². The molecular weight excluding hydrogens is 358 g/mol. The molecule has 150 valence electrons. The molecule has 1 amide bonds. The summed E-state index contributed by atoms with van der Waals surface area (Å²) in [5, 5.41) is 7.07. The lowest BCUT2D eigenvalue weighted by molar-refractivity contribution is -0.0567. The molecule has 2 atom stereocenters. The van der Waals surface area contributed by atoms with Gasteiger partial charge >= 0.3 is 0 Å². The number of amides is 1. The molecule has 2 aromatic rings. The van der Waals surface area contributed by atoms with E-state index < -0.39 is 0 Å². The molecule has 1 saturated heterocycles. The van der Waals surface area contributed by atoms with Gasteiger partial charge in [-0.1, -0.05) is 31.1 Å². The molecule has 2 fully saturated rings. The van der Waals surface area contributed by atoms with Crippen molar-refractivity contribution in [3.8, 4) is 11.4 Å². The minimum atomic E-state index is -0.127. The summed E-state index contributed by atoms with van der Waals surface area (Å²) >= 11 is 0. The lowest BCUT2D eigenvalue weighted by Crippen LogP contribution is -2.50. The predicted molar refractivity (Wildman–Crippen MR) is 103 cm³/mol. The van der Waals surface area contributed by atoms with Gasteiger partial charge in [0.05, 0.1) is 18.8 Å². The maximum Gasteiger partial charge on any atom is 0.251 e. The van der Waals surface area contributed by atoms with Gasteiger partial charge in [-0.25, -0.2) is 0 Å². The van der Waals surface area contributed by atoms with Crippen LogP contribution in [0.2, 0.25) is 0 Å². The van der Waals surface area contributed by atoms with Crippen molar-refractivity contribution in [2.75, 3.05) is 19.8 Å². The first kappa shape index (κ1) is 19.1. The van der Waals surface area contributed by atoms with Crippen LogP contribution in [0.3, 0.4) is 0 Å². The van der Waals surface area contributed by atoms with E-state index >= 15 is 0 Å². The number of aromatic nitrogens is 2. The first-order valence-electron chi connectivity index (χ1n) is 10.0. The monoisotopic (exact) mass is 385 g/mol. The van der Waals surface area contributed by atoms with Gasteiger partial charge in [-0.2, -0.15) is 4.98 Å². The molecule has 1 aromatic heterocycles. The van der Waals surface area contributed by atoms with Crippen molar-refractivity contribution >= 4 is 5.91 Å². The van der Waals surface area contributed by atoms with Crippen LogP contribution in [-0.2, 0) is 9.47 Å². The molecule has 0 unspecified atom stereocenters. The molecule has 1 aliphatic carbocycles. The lowest BCUT2D eigenvalue weighted by atomic mass is 10.1. The van der Waals surface area contributed by atoms with Crippen molar-refractivity contribution in [1.29, 1.82) is 0 Å². The maximum absolute atomic E-state index is 12.7. The molecule has 1 aromatic carbocycles. The zero-order chi connectivity index (χ0) is 19.5. The Labute approximate surface area is 164 Å². The minimum Gasteiger partial charge on any atom is -0.379 e. The molecule has 0 radical (unpaired) electrons. The van der Waals surface area contributed by atoms with Crippen molar-refractivity contribution in [2.24, 2.45) is 5.92 Å². The van der Waals surface area contributed by atoms with Crippen LogP contribution in [-0.4, -0.2) is 48.0 Å². The summed E-state index contributed by atoms with van der Waals surface area (Å²) in [4.78, 5) is 17.1. The Bertz CT molecular complexity index is 798. The van der Waals surface area contributed by atoms with E-state index in [4.69, 9.17) is 14.0 Å². The van der Waals surface area contributed by atoms with Gasteiger partial charge < -0.3 is 19.3 Å². The third-order valence-corrected chi connectivity index (χ3v) is 5.19. The van der Waals surface area contributed by atoms with Gasteiger partial charge in [-0.15, -0.1) is 0 Å². The van der Waals surface area contributed by atoms with Gasteiger partial charge in [-0.3, -0.25) is 4.79 Å². The number of hydrogen-bond donors (Lipinski definition) is 1. The van der Waals surface area contributed by atoms with Gasteiger partial charge in [0.25, 0.3) is 5.91 Å². The van der Waals surface area contributed by atoms with Gasteiger partial charge in [0.2, 0.25) is 11.7 Å². The minimum absolute atomic E-state index is 0.0198. The molecule has 0 spiro atoms. The molecule has 1 saturated carbocycles. The van der Waals surface area contributed by atoms with E-state index in [2.05, 4.69) is 15.5 Å². The summed E-state index contributed by atoms with van der Waals surface area (Å²) < 4.78 is 16.8. The summed E-state index contributed by atoms with van der Waals surface area (Å²) in [6.45, 7) is 5.96. The maximum atomic E-state index is 12.7. The first-order valence-corrected chi connectivity index (χ1v) is 10.0. The number of carbonyl (C=O) groups is 1. The Hall–Kier alpha value is -2.25. The Morgan fingerprint density at radius 2 is 2.04 bits per heavy atom. The van der Waals surface area contributed by atoms with Crippen molar-refractivity contribution < 1.29 is 18.8 Å². The van der Waals surface area contributed by atoms with Gasteiger partial charge in [-0.05, 0) is 37.3 Å². The number of nitrogens with one attached hydrogen (secondary N) is 1. The quantitative estimate of drug-likeness (QED) is 0.788. The van der Waals surface area contributed by atoms with E-state index in [1.807, 2.05) is 26.0 Å². The van der Waals surface area contributed by atoms with E-state index in [-0.39, 0.29) is 24.0 Å². The molecule has 7 nitrogen and oxygen atoms in total. The largest absolute Gasteiger partial charge is 0.379 e. The van der Waals surface area contributed by atoms with Crippen LogP contribution in [0.5, 0.6) is 0 Å². The SMILES string of the molecule is CC(C)c1nc(-c2ccc(C(=O)N[C@@H]3COCC[C@@H]3OCC3CC3)cc2)no1. The third kappa shape index (κ3) is 4.59. The van der Waals surface area contributed by atoms with Crippen LogP contribution >= 0.6 is 0 Å². The Morgan fingerprint density at radius 1 is 1.25 bits per heavy atom. The summed E-state index contributed by atoms with van der Waals surface area (Å²) in [6, 6.07) is 7.11. The molecule has 7 heteroatoms. The molecule has 0 bridgehead atoms. The number of carbonyl (C=O) groups excluding carboxylic acids is 1. The highest BCUT2D eigenvalue weighted by Gasteiger charge is 2.31. The standard InChI is InChI=1S/C21H27N3O4/c1-13(2)21-23-19(24-28-21)15-5-7-16(8-6-15)20(25)22-17-12-26-10-9-18(17)27-11-14-3-4-14/h5-8,13-14,17-18H,3-4,9-12H2,1-2H3,(H,22,25)/t17-,18+/m1/s1. The van der Waals surface area contributed by atoms with Crippen LogP contribution in [0, 0.1) is 5.92 Å². The van der Waals surface area contributed by atoms with Crippen LogP contribution in [0.15, 0.2) is 28.8 Å². The summed E-state index contributed by atoms with van der Waals surface area (Å²) in [5.74, 6) is 1.89. The fraction of sp³-hybridized carbons (Fsp3) is 0.571. The second-order valence-corrected chi connectivity index (χ2v) is 7.95. The number of nitrogens with zero attached hydrogens (tertiary/aromatic N) is 2. The van der Waals surface area contributed by atoms with Gasteiger partial charge in [0.15, 0.2) is 0 Å². The molecule has 2 heterocycles. The van der Waals surface area contributed by atoms with Crippen LogP contribution in [0.4, 0.5) is 0 Å². The number of ether oxygens (including phenoxy) is 2. The highest BCUT2D eigenvalue weighted by atomic mass is 16.5. The molecular formula is C21H27N3O4. The number of hydrogen-bond acceptors (Lipinski definition) is 6. The molecule has 28 heavy (non-hydrogen) atoms. The molecule has 1 N–H and O–H groups in total. The zero-order valence-electron chi connectivity index (χ0n) is 16.4. The van der Waals surface area contributed by atoms with Crippen LogP contribution < -0.4 is 5.32 Å². The van der Waals surface area contributed by atoms with E-state index in [1.54, 1.807) is 12.1 Å². The normalized spacial score (nSPS) is 22.4. The highest BCUT2D eigenvalue weighted by molar-refractivity contribution is 5.94. The smallest absolute Gasteiger partial charge is 0.251 e. The van der Waals surface area contributed by atoms with Crippen LogP contribution in [0.1, 0.15) is 55.3 Å². The van der Waals surface area contributed by atoms with Crippen molar-refractivity contribution in [1.82, 2.24) is 15.5 Å². The zero-order valence-corrected chi connectivity index (χ0v) is 16.4. The number of benzene rings is 1. The summed E-state index contributed by atoms with van der Waals surface area (Å²) in [7, 11) is 0. The van der Waals surface area contributed by atoms with E-state index in [0.717, 1.165) is 18.6 Å². The Balaban J connectivity index is 1.38. The summed E-state index contributed by atoms with van der Waals surface area (Å²) in [5.41, 5.74) is 1.40. The highest BCUT2D eigenvalue weighted by Crippen LogP contribution is 2.30. The second-order valence-electron chi connectivity index (χ2n) is 7.95. The van der Waals surface area contributed by atoms with Gasteiger partial charge in [0, 0.05) is 30.3 Å². The van der Waals surface area contributed by atoms with Crippen molar-refractivity contribution in [3.05, 3.63) is 35.7 Å². The third-order valence-electron chi connectivity index (χ3n) is 5.19. The molecule has 1 aliphatic heterocycles. The van der Waals surface area contributed by atoms with E-state index in [1.165, 1.54) is 12.8 Å². The van der Waals surface area contributed by atoms with Crippen molar-refractivity contribution in [2.45, 2.75) is 51.2 Å². The van der Waals surface area contributed by atoms with E-state index in [9.17, 15) is 4.79 Å². The fourth-order valence-corrected chi connectivity index (χ4v) is 3.21.